The second-order valence-electron chi connectivity index (χ2n) is 4.22. The summed E-state index contributed by atoms with van der Waals surface area (Å²) < 4.78 is 24.6. The van der Waals surface area contributed by atoms with Crippen LogP contribution >= 0.6 is 0 Å². The molecule has 0 heterocycles. The van der Waals surface area contributed by atoms with Gasteiger partial charge in [-0.3, -0.25) is 4.90 Å². The lowest BCUT2D eigenvalue weighted by molar-refractivity contribution is 0.0236. The second kappa shape index (κ2) is 7.92. The molecule has 16 heavy (non-hydrogen) atoms. The van der Waals surface area contributed by atoms with Crippen LogP contribution in [0, 0.1) is 5.41 Å². The molecular formula is C11H23F2NO2. The SMILES string of the molecule is CCC(CC)(CO)CN(CCO)CC(F)F. The molecule has 0 aliphatic rings. The number of aliphatic hydroxyl groups is 2. The highest BCUT2D eigenvalue weighted by atomic mass is 19.3. The first kappa shape index (κ1) is 15.7. The summed E-state index contributed by atoms with van der Waals surface area (Å²) in [5, 5.41) is 18.2. The summed E-state index contributed by atoms with van der Waals surface area (Å²) in [5.74, 6) is 0. The highest BCUT2D eigenvalue weighted by Gasteiger charge is 2.28. The van der Waals surface area contributed by atoms with E-state index in [9.17, 15) is 13.9 Å². The summed E-state index contributed by atoms with van der Waals surface area (Å²) in [4.78, 5) is 1.52. The zero-order chi connectivity index (χ0) is 12.6. The summed E-state index contributed by atoms with van der Waals surface area (Å²) in [6.45, 7) is 4.03. The van der Waals surface area contributed by atoms with Crippen molar-refractivity contribution in [1.82, 2.24) is 4.90 Å². The molecule has 0 aromatic rings. The van der Waals surface area contributed by atoms with Crippen LogP contribution in [0.4, 0.5) is 8.78 Å². The van der Waals surface area contributed by atoms with Gasteiger partial charge in [0.2, 0.25) is 0 Å². The van der Waals surface area contributed by atoms with Crippen LogP contribution in [0.1, 0.15) is 26.7 Å². The van der Waals surface area contributed by atoms with Crippen LogP contribution in [0.15, 0.2) is 0 Å². The minimum Gasteiger partial charge on any atom is -0.396 e. The number of alkyl halides is 2. The van der Waals surface area contributed by atoms with Crippen molar-refractivity contribution in [3.05, 3.63) is 0 Å². The van der Waals surface area contributed by atoms with Crippen LogP contribution in [0.3, 0.4) is 0 Å². The van der Waals surface area contributed by atoms with Crippen molar-refractivity contribution in [2.24, 2.45) is 5.41 Å². The lowest BCUT2D eigenvalue weighted by Crippen LogP contribution is -2.42. The summed E-state index contributed by atoms with van der Waals surface area (Å²) >= 11 is 0. The van der Waals surface area contributed by atoms with E-state index in [0.29, 0.717) is 6.54 Å². The Morgan fingerprint density at radius 2 is 1.75 bits per heavy atom. The first-order valence-corrected chi connectivity index (χ1v) is 5.75. The van der Waals surface area contributed by atoms with E-state index in [2.05, 4.69) is 0 Å². The molecule has 0 saturated carbocycles. The molecule has 0 fully saturated rings. The molecule has 0 radical (unpaired) electrons. The highest BCUT2D eigenvalue weighted by Crippen LogP contribution is 2.27. The van der Waals surface area contributed by atoms with E-state index in [4.69, 9.17) is 5.11 Å². The Balaban J connectivity index is 4.43. The van der Waals surface area contributed by atoms with Crippen molar-refractivity contribution < 1.29 is 19.0 Å². The predicted molar refractivity (Wildman–Crippen MR) is 59.6 cm³/mol. The lowest BCUT2D eigenvalue weighted by Gasteiger charge is -2.35. The number of hydrogen-bond donors (Lipinski definition) is 2. The molecule has 3 nitrogen and oxygen atoms in total. The van der Waals surface area contributed by atoms with E-state index in [0.717, 1.165) is 12.8 Å². The second-order valence-corrected chi connectivity index (χ2v) is 4.22. The van der Waals surface area contributed by atoms with E-state index in [1.165, 1.54) is 4.90 Å². The Kier molecular flexibility index (Phi) is 7.80. The molecule has 0 atom stereocenters. The average molecular weight is 239 g/mol. The van der Waals surface area contributed by atoms with Gasteiger partial charge in [-0.1, -0.05) is 13.8 Å². The Morgan fingerprint density at radius 3 is 2.06 bits per heavy atom. The molecule has 0 unspecified atom stereocenters. The molecule has 0 amide bonds. The van der Waals surface area contributed by atoms with Gasteiger partial charge in [0.15, 0.2) is 0 Å². The number of nitrogens with zero attached hydrogens (tertiary/aromatic N) is 1. The van der Waals surface area contributed by atoms with Gasteiger partial charge in [-0.15, -0.1) is 0 Å². The number of hydrogen-bond acceptors (Lipinski definition) is 3. The quantitative estimate of drug-likeness (QED) is 0.638. The van der Waals surface area contributed by atoms with Crippen molar-refractivity contribution in [1.29, 1.82) is 0 Å². The van der Waals surface area contributed by atoms with Gasteiger partial charge >= 0.3 is 0 Å². The maximum atomic E-state index is 12.3. The Hall–Kier alpha value is -0.260. The number of rotatable bonds is 9. The molecule has 0 aliphatic carbocycles. The first-order valence-electron chi connectivity index (χ1n) is 5.75. The smallest absolute Gasteiger partial charge is 0.251 e. The van der Waals surface area contributed by atoms with E-state index >= 15 is 0 Å². The average Bonchev–Trinajstić information content (AvgIpc) is 2.25. The van der Waals surface area contributed by atoms with Crippen molar-refractivity contribution in [3.63, 3.8) is 0 Å². The Morgan fingerprint density at radius 1 is 1.19 bits per heavy atom. The maximum Gasteiger partial charge on any atom is 0.251 e. The minimum absolute atomic E-state index is 0.00876. The number of halogens is 2. The van der Waals surface area contributed by atoms with Crippen LogP contribution in [-0.4, -0.2) is 54.4 Å². The van der Waals surface area contributed by atoms with Gasteiger partial charge < -0.3 is 10.2 Å². The van der Waals surface area contributed by atoms with Crippen molar-refractivity contribution in [2.75, 3.05) is 32.8 Å². The first-order chi connectivity index (χ1) is 7.53. The van der Waals surface area contributed by atoms with E-state index in [1.54, 1.807) is 0 Å². The Labute approximate surface area is 96.1 Å². The minimum atomic E-state index is -2.41. The fraction of sp³-hybridized carbons (Fsp3) is 1.00. The van der Waals surface area contributed by atoms with Crippen molar-refractivity contribution >= 4 is 0 Å². The summed E-state index contributed by atoms with van der Waals surface area (Å²) in [6.07, 6.45) is -0.923. The summed E-state index contributed by atoms with van der Waals surface area (Å²) in [7, 11) is 0. The maximum absolute atomic E-state index is 12.3. The molecule has 0 aromatic carbocycles. The van der Waals surface area contributed by atoms with E-state index in [1.807, 2.05) is 13.8 Å². The monoisotopic (exact) mass is 239 g/mol. The number of aliphatic hydroxyl groups excluding tert-OH is 2. The zero-order valence-corrected chi connectivity index (χ0v) is 10.1. The summed E-state index contributed by atoms with van der Waals surface area (Å²) in [5.41, 5.74) is -0.329. The van der Waals surface area contributed by atoms with E-state index < -0.39 is 6.43 Å². The molecule has 0 aliphatic heterocycles. The molecule has 0 aromatic heterocycles. The third-order valence-electron chi connectivity index (χ3n) is 3.21. The predicted octanol–water partition coefficient (Wildman–Crippen LogP) is 1.34. The van der Waals surface area contributed by atoms with Crippen LogP contribution in [0.25, 0.3) is 0 Å². The van der Waals surface area contributed by atoms with E-state index in [-0.39, 0.29) is 31.7 Å². The van der Waals surface area contributed by atoms with Crippen LogP contribution in [0.2, 0.25) is 0 Å². The van der Waals surface area contributed by atoms with Crippen molar-refractivity contribution in [2.45, 2.75) is 33.1 Å². The molecule has 2 N–H and O–H groups in total. The molecular weight excluding hydrogens is 216 g/mol. The zero-order valence-electron chi connectivity index (χ0n) is 10.1. The molecule has 98 valence electrons. The normalized spacial score (nSPS) is 12.8. The van der Waals surface area contributed by atoms with Crippen LogP contribution < -0.4 is 0 Å². The van der Waals surface area contributed by atoms with Crippen molar-refractivity contribution in [3.8, 4) is 0 Å². The van der Waals surface area contributed by atoms with Gasteiger partial charge in [0, 0.05) is 25.1 Å². The third kappa shape index (κ3) is 5.18. The van der Waals surface area contributed by atoms with Gasteiger partial charge in [0.1, 0.15) is 0 Å². The molecule has 0 rings (SSSR count). The molecule has 5 heteroatoms. The standard InChI is InChI=1S/C11H23F2NO2/c1-3-11(4-2,9-16)8-14(5-6-15)7-10(12)13/h10,15-16H,3-9H2,1-2H3. The van der Waals surface area contributed by atoms with Gasteiger partial charge in [-0.25, -0.2) is 8.78 Å². The highest BCUT2D eigenvalue weighted by molar-refractivity contribution is 4.80. The topological polar surface area (TPSA) is 43.7 Å². The van der Waals surface area contributed by atoms with Gasteiger partial charge in [-0.2, -0.15) is 0 Å². The van der Waals surface area contributed by atoms with Crippen LogP contribution in [-0.2, 0) is 0 Å². The van der Waals surface area contributed by atoms with Gasteiger partial charge in [0.25, 0.3) is 6.43 Å². The van der Waals surface area contributed by atoms with Gasteiger partial charge in [0.05, 0.1) is 13.2 Å². The lowest BCUT2D eigenvalue weighted by atomic mass is 9.82. The molecule has 0 spiro atoms. The summed E-state index contributed by atoms with van der Waals surface area (Å²) in [6, 6.07) is 0. The molecule has 0 saturated heterocycles. The fourth-order valence-electron chi connectivity index (χ4n) is 1.79. The Bertz CT molecular complexity index is 167. The van der Waals surface area contributed by atoms with Crippen LogP contribution in [0.5, 0.6) is 0 Å². The third-order valence-corrected chi connectivity index (χ3v) is 3.21. The fourth-order valence-corrected chi connectivity index (χ4v) is 1.79. The largest absolute Gasteiger partial charge is 0.396 e. The molecule has 0 bridgehead atoms. The van der Waals surface area contributed by atoms with Gasteiger partial charge in [-0.05, 0) is 12.8 Å².